The SMILES string of the molecule is CN(CCCCCO)S(=O)(=O)c1ccc(S(C)(=O)=O)cc1. The topological polar surface area (TPSA) is 91.8 Å². The van der Waals surface area contributed by atoms with E-state index in [1.165, 1.54) is 35.6 Å². The summed E-state index contributed by atoms with van der Waals surface area (Å²) in [4.78, 5) is 0.159. The highest BCUT2D eigenvalue weighted by Crippen LogP contribution is 2.18. The van der Waals surface area contributed by atoms with E-state index in [0.717, 1.165) is 12.7 Å². The van der Waals surface area contributed by atoms with E-state index in [2.05, 4.69) is 0 Å². The van der Waals surface area contributed by atoms with Gasteiger partial charge in [-0.05, 0) is 43.5 Å². The van der Waals surface area contributed by atoms with Crippen molar-refractivity contribution in [1.82, 2.24) is 4.31 Å². The highest BCUT2D eigenvalue weighted by Gasteiger charge is 2.20. The highest BCUT2D eigenvalue weighted by molar-refractivity contribution is 7.90. The lowest BCUT2D eigenvalue weighted by atomic mass is 10.2. The zero-order valence-electron chi connectivity index (χ0n) is 12.2. The van der Waals surface area contributed by atoms with Crippen LogP contribution in [-0.2, 0) is 19.9 Å². The Morgan fingerprint density at radius 1 is 0.952 bits per heavy atom. The molecule has 0 saturated heterocycles. The molecule has 6 nitrogen and oxygen atoms in total. The number of rotatable bonds is 8. The van der Waals surface area contributed by atoms with Crippen molar-refractivity contribution in [2.45, 2.75) is 29.1 Å². The molecule has 0 aliphatic rings. The Morgan fingerprint density at radius 2 is 1.48 bits per heavy atom. The van der Waals surface area contributed by atoms with Gasteiger partial charge in [-0.25, -0.2) is 21.1 Å². The van der Waals surface area contributed by atoms with Crippen LogP contribution in [0.25, 0.3) is 0 Å². The van der Waals surface area contributed by atoms with Crippen LogP contribution >= 0.6 is 0 Å². The van der Waals surface area contributed by atoms with Crippen molar-refractivity contribution >= 4 is 19.9 Å². The number of sulfone groups is 1. The average molecular weight is 335 g/mol. The predicted molar refractivity (Wildman–Crippen MR) is 80.3 cm³/mol. The Labute approximate surface area is 126 Å². The molecule has 1 rings (SSSR count). The van der Waals surface area contributed by atoms with Gasteiger partial charge in [0.1, 0.15) is 0 Å². The Hall–Kier alpha value is -0.960. The maximum absolute atomic E-state index is 12.3. The standard InChI is InChI=1S/C13H21NO5S2/c1-14(10-4-3-5-11-15)21(18,19)13-8-6-12(7-9-13)20(2,16)17/h6-9,15H,3-5,10-11H2,1-2H3. The van der Waals surface area contributed by atoms with Crippen molar-refractivity contribution in [3.05, 3.63) is 24.3 Å². The molecule has 0 fully saturated rings. The molecule has 0 aromatic heterocycles. The monoisotopic (exact) mass is 335 g/mol. The largest absolute Gasteiger partial charge is 0.396 e. The molecule has 0 unspecified atom stereocenters. The summed E-state index contributed by atoms with van der Waals surface area (Å²) in [5.41, 5.74) is 0. The first-order valence-corrected chi connectivity index (χ1v) is 9.90. The van der Waals surface area contributed by atoms with Crippen LogP contribution in [0, 0.1) is 0 Å². The maximum Gasteiger partial charge on any atom is 0.242 e. The summed E-state index contributed by atoms with van der Waals surface area (Å²) in [6.45, 7) is 0.458. The Bertz CT molecular complexity index is 650. The van der Waals surface area contributed by atoms with Gasteiger partial charge in [-0.3, -0.25) is 0 Å². The molecule has 0 amide bonds. The fourth-order valence-corrected chi connectivity index (χ4v) is 3.62. The second kappa shape index (κ2) is 7.35. The van der Waals surface area contributed by atoms with Crippen LogP contribution < -0.4 is 0 Å². The lowest BCUT2D eigenvalue weighted by molar-refractivity contribution is 0.281. The van der Waals surface area contributed by atoms with Crippen molar-refractivity contribution in [1.29, 1.82) is 0 Å². The van der Waals surface area contributed by atoms with Gasteiger partial charge in [-0.1, -0.05) is 0 Å². The Morgan fingerprint density at radius 3 is 1.95 bits per heavy atom. The molecule has 21 heavy (non-hydrogen) atoms. The summed E-state index contributed by atoms with van der Waals surface area (Å²) in [7, 11) is -5.47. The van der Waals surface area contributed by atoms with Crippen LogP contribution in [-0.4, -0.2) is 52.7 Å². The number of unbranched alkanes of at least 4 members (excludes halogenated alkanes) is 2. The number of hydrogen-bond donors (Lipinski definition) is 1. The summed E-state index contributed by atoms with van der Waals surface area (Å²) < 4.78 is 48.5. The van der Waals surface area contributed by atoms with Gasteiger partial charge in [0.15, 0.2) is 9.84 Å². The maximum atomic E-state index is 12.3. The Balaban J connectivity index is 2.83. The third kappa shape index (κ3) is 5.06. The average Bonchev–Trinajstić information content (AvgIpc) is 2.42. The number of aliphatic hydroxyl groups is 1. The molecule has 0 spiro atoms. The van der Waals surface area contributed by atoms with Crippen LogP contribution in [0.1, 0.15) is 19.3 Å². The molecule has 0 atom stereocenters. The molecule has 120 valence electrons. The van der Waals surface area contributed by atoms with E-state index in [9.17, 15) is 16.8 Å². The molecule has 0 bridgehead atoms. The molecule has 1 aromatic rings. The minimum absolute atomic E-state index is 0.0690. The van der Waals surface area contributed by atoms with Crippen LogP contribution in [0.2, 0.25) is 0 Å². The minimum atomic E-state index is -3.61. The first-order valence-electron chi connectivity index (χ1n) is 6.57. The lowest BCUT2D eigenvalue weighted by Crippen LogP contribution is -2.28. The fraction of sp³-hybridized carbons (Fsp3) is 0.538. The van der Waals surface area contributed by atoms with E-state index < -0.39 is 19.9 Å². The van der Waals surface area contributed by atoms with E-state index in [1.54, 1.807) is 0 Å². The fourth-order valence-electron chi connectivity index (χ4n) is 1.78. The van der Waals surface area contributed by atoms with Gasteiger partial charge >= 0.3 is 0 Å². The van der Waals surface area contributed by atoms with Crippen molar-refractivity contribution in [3.8, 4) is 0 Å². The number of benzene rings is 1. The van der Waals surface area contributed by atoms with E-state index >= 15 is 0 Å². The van der Waals surface area contributed by atoms with Crippen LogP contribution in [0.3, 0.4) is 0 Å². The van der Waals surface area contributed by atoms with Crippen molar-refractivity contribution in [2.24, 2.45) is 0 Å². The first-order chi connectivity index (χ1) is 9.69. The predicted octanol–water partition coefficient (Wildman–Crippen LogP) is 0.873. The van der Waals surface area contributed by atoms with Crippen molar-refractivity contribution in [2.75, 3.05) is 26.5 Å². The zero-order valence-corrected chi connectivity index (χ0v) is 13.8. The van der Waals surface area contributed by atoms with Gasteiger partial charge in [-0.2, -0.15) is 0 Å². The smallest absolute Gasteiger partial charge is 0.242 e. The van der Waals surface area contributed by atoms with Crippen LogP contribution in [0.15, 0.2) is 34.1 Å². The molecule has 0 heterocycles. The second-order valence-electron chi connectivity index (χ2n) is 4.85. The molecule has 8 heteroatoms. The van der Waals surface area contributed by atoms with Crippen LogP contribution in [0.5, 0.6) is 0 Å². The quantitative estimate of drug-likeness (QED) is 0.712. The molecule has 0 radical (unpaired) electrons. The number of nitrogens with zero attached hydrogens (tertiary/aromatic N) is 1. The van der Waals surface area contributed by atoms with Crippen molar-refractivity contribution < 1.29 is 21.9 Å². The highest BCUT2D eigenvalue weighted by atomic mass is 32.2. The van der Waals surface area contributed by atoms with Gasteiger partial charge in [0.2, 0.25) is 10.0 Å². The third-order valence-corrected chi connectivity index (χ3v) is 6.09. The van der Waals surface area contributed by atoms with Crippen LogP contribution in [0.4, 0.5) is 0 Å². The lowest BCUT2D eigenvalue weighted by Gasteiger charge is -2.17. The van der Waals surface area contributed by atoms with Gasteiger partial charge in [0, 0.05) is 26.5 Å². The molecule has 1 aromatic carbocycles. The Kier molecular flexibility index (Phi) is 6.33. The number of sulfonamides is 1. The van der Waals surface area contributed by atoms with Gasteiger partial charge in [-0.15, -0.1) is 0 Å². The molecule has 0 aliphatic heterocycles. The summed E-state index contributed by atoms with van der Waals surface area (Å²) in [5, 5.41) is 8.68. The van der Waals surface area contributed by atoms with E-state index in [0.29, 0.717) is 19.4 Å². The minimum Gasteiger partial charge on any atom is -0.396 e. The van der Waals surface area contributed by atoms with Gasteiger partial charge < -0.3 is 5.11 Å². The molecule has 0 saturated carbocycles. The number of aliphatic hydroxyl groups excluding tert-OH is 1. The molecular weight excluding hydrogens is 314 g/mol. The summed E-state index contributed by atoms with van der Waals surface area (Å²) in [6.07, 6.45) is 3.14. The van der Waals surface area contributed by atoms with Crippen molar-refractivity contribution in [3.63, 3.8) is 0 Å². The summed E-state index contributed by atoms with van der Waals surface area (Å²) >= 11 is 0. The zero-order chi connectivity index (χ0) is 16.1. The van der Waals surface area contributed by atoms with E-state index in [1.807, 2.05) is 0 Å². The normalized spacial score (nSPS) is 12.8. The van der Waals surface area contributed by atoms with E-state index in [-0.39, 0.29) is 16.4 Å². The molecule has 1 N–H and O–H groups in total. The molecular formula is C13H21NO5S2. The summed E-state index contributed by atoms with van der Waals surface area (Å²) in [5.74, 6) is 0. The summed E-state index contributed by atoms with van der Waals surface area (Å²) in [6, 6.07) is 5.19. The number of hydrogen-bond acceptors (Lipinski definition) is 5. The molecule has 0 aliphatic carbocycles. The van der Waals surface area contributed by atoms with Gasteiger partial charge in [0.25, 0.3) is 0 Å². The second-order valence-corrected chi connectivity index (χ2v) is 8.92. The van der Waals surface area contributed by atoms with Gasteiger partial charge in [0.05, 0.1) is 9.79 Å². The third-order valence-electron chi connectivity index (χ3n) is 3.09. The van der Waals surface area contributed by atoms with E-state index in [4.69, 9.17) is 5.11 Å². The first kappa shape index (κ1) is 18.1.